The number of halogens is 1. The first-order valence-electron chi connectivity index (χ1n) is 8.01. The van der Waals surface area contributed by atoms with Crippen LogP contribution in [0.1, 0.15) is 21.5 Å². The lowest BCUT2D eigenvalue weighted by atomic mass is 10.1. The lowest BCUT2D eigenvalue weighted by Gasteiger charge is -2.15. The lowest BCUT2D eigenvalue weighted by Crippen LogP contribution is -2.25. The zero-order chi connectivity index (χ0) is 19.0. The van der Waals surface area contributed by atoms with Crippen molar-refractivity contribution in [2.45, 2.75) is 18.0 Å². The highest BCUT2D eigenvalue weighted by molar-refractivity contribution is 7.93. The van der Waals surface area contributed by atoms with Crippen LogP contribution in [-0.2, 0) is 23.1 Å². The molecule has 27 heavy (non-hydrogen) atoms. The first kappa shape index (κ1) is 17.6. The zero-order valence-corrected chi connectivity index (χ0v) is 15.6. The highest BCUT2D eigenvalue weighted by Gasteiger charge is 2.26. The number of fused-ring (bicyclic) bond motifs is 1. The number of nitrogens with zero attached hydrogens (tertiary/aromatic N) is 2. The van der Waals surface area contributed by atoms with Crippen molar-refractivity contribution in [2.24, 2.45) is 0 Å². The van der Waals surface area contributed by atoms with Crippen LogP contribution in [0, 0.1) is 5.82 Å². The van der Waals surface area contributed by atoms with Crippen molar-refractivity contribution in [3.05, 3.63) is 76.5 Å². The molecular weight excluding hydrogens is 389 g/mol. The molecule has 1 aromatic heterocycles. The van der Waals surface area contributed by atoms with Crippen LogP contribution in [0.3, 0.4) is 0 Å². The monoisotopic (exact) mass is 403 g/mol. The lowest BCUT2D eigenvalue weighted by molar-refractivity contribution is 0.0751. The van der Waals surface area contributed by atoms with E-state index in [1.54, 1.807) is 22.4 Å². The molecule has 0 fully saturated rings. The van der Waals surface area contributed by atoms with E-state index in [4.69, 9.17) is 0 Å². The summed E-state index contributed by atoms with van der Waals surface area (Å²) < 4.78 is 40.5. The number of rotatable bonds is 4. The fourth-order valence-corrected chi connectivity index (χ4v) is 4.74. The minimum atomic E-state index is -3.75. The Labute approximate surface area is 159 Å². The van der Waals surface area contributed by atoms with Gasteiger partial charge in [-0.05, 0) is 47.5 Å². The molecule has 9 heteroatoms. The van der Waals surface area contributed by atoms with Crippen LogP contribution in [0.4, 0.5) is 9.52 Å². The fourth-order valence-electron chi connectivity index (χ4n) is 2.90. The first-order chi connectivity index (χ1) is 12.9. The number of hydrogen-bond donors (Lipinski definition) is 1. The number of carbonyl (C=O) groups is 1. The summed E-state index contributed by atoms with van der Waals surface area (Å²) >= 11 is 1.19. The number of hydrogen-bond acceptors (Lipinski definition) is 5. The molecule has 0 unspecified atom stereocenters. The summed E-state index contributed by atoms with van der Waals surface area (Å²) in [6.45, 7) is 0.679. The molecule has 0 atom stereocenters. The molecule has 2 aromatic carbocycles. The Morgan fingerprint density at radius 1 is 1.11 bits per heavy atom. The maximum atomic E-state index is 13.0. The molecule has 1 aliphatic rings. The first-order valence-corrected chi connectivity index (χ1v) is 10.4. The van der Waals surface area contributed by atoms with Gasteiger partial charge in [-0.3, -0.25) is 9.52 Å². The Hall–Kier alpha value is -2.78. The molecular formula is C18H14FN3O3S2. The highest BCUT2D eigenvalue weighted by atomic mass is 32.2. The Morgan fingerprint density at radius 3 is 2.56 bits per heavy atom. The van der Waals surface area contributed by atoms with Crippen molar-refractivity contribution in [3.63, 3.8) is 0 Å². The fraction of sp³-hybridized carbons (Fsp3) is 0.111. The zero-order valence-electron chi connectivity index (χ0n) is 13.9. The third-order valence-electron chi connectivity index (χ3n) is 4.24. The van der Waals surface area contributed by atoms with Crippen molar-refractivity contribution in [2.75, 3.05) is 4.72 Å². The van der Waals surface area contributed by atoms with Gasteiger partial charge in [-0.15, -0.1) is 11.3 Å². The van der Waals surface area contributed by atoms with Crippen LogP contribution >= 0.6 is 11.3 Å². The molecule has 138 valence electrons. The second kappa shape index (κ2) is 6.75. The predicted molar refractivity (Wildman–Crippen MR) is 99.3 cm³/mol. The van der Waals surface area contributed by atoms with Gasteiger partial charge in [0.05, 0.1) is 4.90 Å². The Bertz CT molecular complexity index is 1100. The Kier molecular flexibility index (Phi) is 4.40. The van der Waals surface area contributed by atoms with E-state index in [-0.39, 0.29) is 10.8 Å². The Balaban J connectivity index is 1.55. The molecule has 1 N–H and O–H groups in total. The summed E-state index contributed by atoms with van der Waals surface area (Å²) in [5.74, 6) is -0.629. The van der Waals surface area contributed by atoms with Gasteiger partial charge >= 0.3 is 0 Å². The predicted octanol–water partition coefficient (Wildman–Crippen LogP) is 3.24. The van der Waals surface area contributed by atoms with Gasteiger partial charge in [0.2, 0.25) is 0 Å². The summed E-state index contributed by atoms with van der Waals surface area (Å²) in [4.78, 5) is 18.2. The molecule has 0 aliphatic carbocycles. The van der Waals surface area contributed by atoms with Gasteiger partial charge in [0, 0.05) is 30.2 Å². The van der Waals surface area contributed by atoms with Gasteiger partial charge in [-0.1, -0.05) is 6.07 Å². The van der Waals surface area contributed by atoms with Crippen LogP contribution in [0.2, 0.25) is 0 Å². The van der Waals surface area contributed by atoms with Crippen LogP contribution < -0.4 is 4.72 Å². The average Bonchev–Trinajstić information content (AvgIpc) is 3.30. The summed E-state index contributed by atoms with van der Waals surface area (Å²) in [5.41, 5.74) is 2.05. The largest absolute Gasteiger partial charge is 0.330 e. The van der Waals surface area contributed by atoms with Crippen LogP contribution in [-0.4, -0.2) is 24.2 Å². The number of aromatic nitrogens is 1. The van der Waals surface area contributed by atoms with E-state index in [1.165, 1.54) is 47.9 Å². The minimum Gasteiger partial charge on any atom is -0.330 e. The molecule has 2 heterocycles. The highest BCUT2D eigenvalue weighted by Crippen LogP contribution is 2.28. The van der Waals surface area contributed by atoms with E-state index in [0.717, 1.165) is 11.1 Å². The molecule has 0 spiro atoms. The van der Waals surface area contributed by atoms with Crippen molar-refractivity contribution in [3.8, 4) is 0 Å². The summed E-state index contributed by atoms with van der Waals surface area (Å²) in [7, 11) is -3.75. The summed E-state index contributed by atoms with van der Waals surface area (Å²) in [6.07, 6.45) is 1.52. The quantitative estimate of drug-likeness (QED) is 0.725. The second-order valence-corrected chi connectivity index (χ2v) is 8.62. The normalized spacial score (nSPS) is 13.4. The van der Waals surface area contributed by atoms with Gasteiger partial charge in [0.15, 0.2) is 5.13 Å². The number of benzene rings is 2. The molecule has 0 saturated carbocycles. The van der Waals surface area contributed by atoms with Crippen LogP contribution in [0.25, 0.3) is 0 Å². The standard InChI is InChI=1S/C18H14FN3O3S2/c19-15-4-1-12(2-5-15)17(23)22-10-13-3-6-16(9-14(13)11-22)27(24,25)21-18-20-7-8-26-18/h1-9H,10-11H2,(H,20,21). The van der Waals surface area contributed by atoms with E-state index in [0.29, 0.717) is 23.8 Å². The van der Waals surface area contributed by atoms with E-state index in [1.807, 2.05) is 0 Å². The van der Waals surface area contributed by atoms with E-state index < -0.39 is 15.8 Å². The van der Waals surface area contributed by atoms with Gasteiger partial charge in [0.1, 0.15) is 5.82 Å². The van der Waals surface area contributed by atoms with Crippen LogP contribution in [0.5, 0.6) is 0 Å². The van der Waals surface area contributed by atoms with Crippen molar-refractivity contribution >= 4 is 32.4 Å². The number of sulfonamides is 1. The smallest absolute Gasteiger partial charge is 0.263 e. The molecule has 1 aliphatic heterocycles. The molecule has 0 bridgehead atoms. The molecule has 0 radical (unpaired) electrons. The number of amides is 1. The summed E-state index contributed by atoms with van der Waals surface area (Å²) in [6, 6.07) is 10.2. The number of thiazole rings is 1. The van der Waals surface area contributed by atoms with Gasteiger partial charge in [-0.25, -0.2) is 17.8 Å². The average molecular weight is 403 g/mol. The van der Waals surface area contributed by atoms with E-state index in [9.17, 15) is 17.6 Å². The minimum absolute atomic E-state index is 0.118. The van der Waals surface area contributed by atoms with Crippen LogP contribution in [0.15, 0.2) is 58.9 Å². The number of nitrogens with one attached hydrogen (secondary N) is 1. The third-order valence-corrected chi connectivity index (χ3v) is 6.40. The molecule has 1 amide bonds. The summed E-state index contributed by atoms with van der Waals surface area (Å²) in [5, 5.41) is 1.98. The van der Waals surface area contributed by atoms with Gasteiger partial charge in [-0.2, -0.15) is 0 Å². The maximum Gasteiger partial charge on any atom is 0.263 e. The molecule has 0 saturated heterocycles. The Morgan fingerprint density at radius 2 is 1.85 bits per heavy atom. The van der Waals surface area contributed by atoms with Crippen molar-refractivity contribution in [1.82, 2.24) is 9.88 Å². The molecule has 6 nitrogen and oxygen atoms in total. The van der Waals surface area contributed by atoms with Crippen molar-refractivity contribution < 1.29 is 17.6 Å². The second-order valence-electron chi connectivity index (χ2n) is 6.04. The molecule has 3 aromatic rings. The maximum absolute atomic E-state index is 13.0. The molecule has 4 rings (SSSR count). The third kappa shape index (κ3) is 3.56. The SMILES string of the molecule is O=C(c1ccc(F)cc1)N1Cc2ccc(S(=O)(=O)Nc3nccs3)cc2C1. The number of carbonyl (C=O) groups excluding carboxylic acids is 1. The number of anilines is 1. The van der Waals surface area contributed by atoms with E-state index >= 15 is 0 Å². The van der Waals surface area contributed by atoms with E-state index in [2.05, 4.69) is 9.71 Å². The van der Waals surface area contributed by atoms with Crippen molar-refractivity contribution in [1.29, 1.82) is 0 Å². The topological polar surface area (TPSA) is 79.4 Å². The van der Waals surface area contributed by atoms with Gasteiger partial charge in [0.25, 0.3) is 15.9 Å². The van der Waals surface area contributed by atoms with Gasteiger partial charge < -0.3 is 4.90 Å².